The predicted molar refractivity (Wildman–Crippen MR) is 115 cm³/mol. The van der Waals surface area contributed by atoms with Gasteiger partial charge in [0, 0.05) is 16.3 Å². The molecule has 0 bridgehead atoms. The normalized spacial score (nSPS) is 21.7. The number of rotatable bonds is 2. The van der Waals surface area contributed by atoms with Gasteiger partial charge in [0.25, 0.3) is 0 Å². The molecule has 2 heterocycles. The van der Waals surface area contributed by atoms with Gasteiger partial charge in [0.2, 0.25) is 0 Å². The van der Waals surface area contributed by atoms with Crippen molar-refractivity contribution in [3.63, 3.8) is 0 Å². The van der Waals surface area contributed by atoms with Gasteiger partial charge in [-0.25, -0.2) is 0 Å². The fourth-order valence-corrected chi connectivity index (χ4v) is 3.35. The monoisotopic (exact) mass is 377 g/mol. The van der Waals surface area contributed by atoms with Crippen molar-refractivity contribution in [2.75, 3.05) is 0 Å². The van der Waals surface area contributed by atoms with E-state index in [1.54, 1.807) is 18.2 Å². The zero-order valence-electron chi connectivity index (χ0n) is 23.1. The highest BCUT2D eigenvalue weighted by Gasteiger charge is 2.51. The van der Waals surface area contributed by atoms with Crippen molar-refractivity contribution in [1.82, 2.24) is 0 Å². The summed E-state index contributed by atoms with van der Waals surface area (Å²) < 4.78 is 76.4. The van der Waals surface area contributed by atoms with E-state index in [1.165, 1.54) is 0 Å². The first kappa shape index (κ1) is 11.4. The average Bonchev–Trinajstić information content (AvgIpc) is 3.29. The Labute approximate surface area is 175 Å². The maximum absolute atomic E-state index is 8.63. The van der Waals surface area contributed by atoms with E-state index in [-0.39, 0.29) is 57.7 Å². The van der Waals surface area contributed by atoms with E-state index in [4.69, 9.17) is 23.3 Å². The van der Waals surface area contributed by atoms with Crippen molar-refractivity contribution in [3.05, 3.63) is 66.6 Å². The molecule has 1 saturated heterocycles. The van der Waals surface area contributed by atoms with Crippen LogP contribution in [0.2, 0.25) is 0 Å². The zero-order chi connectivity index (χ0) is 25.6. The van der Waals surface area contributed by atoms with Crippen molar-refractivity contribution in [2.45, 2.75) is 38.9 Å². The first-order valence-corrected chi connectivity index (χ1v) is 9.15. The Morgan fingerprint density at radius 3 is 2.36 bits per heavy atom. The third-order valence-electron chi connectivity index (χ3n) is 5.64. The molecule has 0 atom stereocenters. The fourth-order valence-electron chi connectivity index (χ4n) is 3.35. The number of furan rings is 1. The molecule has 28 heavy (non-hydrogen) atoms. The summed E-state index contributed by atoms with van der Waals surface area (Å²) in [6, 6.07) is 4.61. The van der Waals surface area contributed by atoms with Gasteiger partial charge in [0.15, 0.2) is 0 Å². The van der Waals surface area contributed by atoms with E-state index < -0.39 is 30.4 Å². The van der Waals surface area contributed by atoms with Crippen LogP contribution in [0.25, 0.3) is 33.1 Å². The van der Waals surface area contributed by atoms with Crippen molar-refractivity contribution in [1.29, 1.82) is 0 Å². The number of hydrogen-bond donors (Lipinski definition) is 0. The summed E-state index contributed by atoms with van der Waals surface area (Å²) in [5.74, 6) is 0. The van der Waals surface area contributed by atoms with Crippen molar-refractivity contribution < 1.29 is 23.3 Å². The minimum Gasteiger partial charge on any atom is -0.455 e. The Balaban J connectivity index is 1.79. The first-order chi connectivity index (χ1) is 16.3. The fraction of sp³-hybridized carbons (Fsp3) is 0.250. The average molecular weight is 377 g/mol. The lowest BCUT2D eigenvalue weighted by molar-refractivity contribution is 0.00578. The highest BCUT2D eigenvalue weighted by molar-refractivity contribution is 6.62. The molecule has 3 nitrogen and oxygen atoms in total. The van der Waals surface area contributed by atoms with Gasteiger partial charge < -0.3 is 13.7 Å². The van der Waals surface area contributed by atoms with E-state index in [0.29, 0.717) is 11.0 Å². The topological polar surface area (TPSA) is 31.6 Å². The first-order valence-electron chi connectivity index (χ1n) is 12.6. The van der Waals surface area contributed by atoms with E-state index >= 15 is 0 Å². The van der Waals surface area contributed by atoms with Crippen LogP contribution in [0, 0.1) is 0 Å². The molecule has 0 aliphatic carbocycles. The highest BCUT2D eigenvalue weighted by Crippen LogP contribution is 2.38. The molecule has 5 rings (SSSR count). The molecule has 0 amide bonds. The second-order valence-corrected chi connectivity index (χ2v) is 7.97. The van der Waals surface area contributed by atoms with Gasteiger partial charge in [-0.05, 0) is 44.8 Å². The van der Waals surface area contributed by atoms with Gasteiger partial charge in [-0.2, -0.15) is 0 Å². The molecule has 1 aromatic heterocycles. The molecule has 1 aliphatic rings. The van der Waals surface area contributed by atoms with Crippen LogP contribution in [0.5, 0.6) is 0 Å². The zero-order valence-corrected chi connectivity index (χ0v) is 16.1. The Morgan fingerprint density at radius 2 is 1.57 bits per heavy atom. The standard InChI is InChI=1S/C24H23BO3/c1-23(2)24(3,4)28-25(27-23)17-10-7-9-16(15-17)18-12-8-13-20-19-11-5-6-14-21(19)26-22(18)20/h5-15H,1-4H3/i5D,6D,8D,11D,12D,13D,14D. The Hall–Kier alpha value is -2.56. The number of fused-ring (bicyclic) bond motifs is 3. The maximum atomic E-state index is 8.63. The van der Waals surface area contributed by atoms with Crippen LogP contribution < -0.4 is 5.46 Å². The molecule has 0 spiro atoms. The summed E-state index contributed by atoms with van der Waals surface area (Å²) in [6.45, 7) is 7.81. The highest BCUT2D eigenvalue weighted by atomic mass is 16.7. The second-order valence-electron chi connectivity index (χ2n) is 7.97. The van der Waals surface area contributed by atoms with Crippen molar-refractivity contribution in [2.24, 2.45) is 0 Å². The van der Waals surface area contributed by atoms with Gasteiger partial charge in [-0.3, -0.25) is 0 Å². The number of benzene rings is 3. The van der Waals surface area contributed by atoms with Gasteiger partial charge in [0.1, 0.15) is 11.2 Å². The molecule has 0 unspecified atom stereocenters. The quantitative estimate of drug-likeness (QED) is 0.429. The predicted octanol–water partition coefficient (Wildman–Crippen LogP) is 5.55. The molecule has 0 N–H and O–H groups in total. The van der Waals surface area contributed by atoms with Crippen LogP contribution in [0.3, 0.4) is 0 Å². The molecule has 0 saturated carbocycles. The molecule has 1 aliphatic heterocycles. The smallest absolute Gasteiger partial charge is 0.455 e. The molecule has 4 aromatic rings. The van der Waals surface area contributed by atoms with E-state index in [1.807, 2.05) is 33.8 Å². The SMILES string of the molecule is [2H]c1c([2H])c([2H])c2c(oc3c(-c4cccc(B5OC(C)(C)C(C)(C)O5)c4)c([2H])c([2H])c([2H])c32)c1[2H]. The minimum atomic E-state index is -0.650. The minimum absolute atomic E-state index is 0.0351. The lowest BCUT2D eigenvalue weighted by Gasteiger charge is -2.32. The van der Waals surface area contributed by atoms with Crippen LogP contribution in [0.1, 0.15) is 37.3 Å². The molecular formula is C24H23BO3. The van der Waals surface area contributed by atoms with Crippen LogP contribution >= 0.6 is 0 Å². The van der Waals surface area contributed by atoms with Crippen LogP contribution in [-0.4, -0.2) is 18.3 Å². The lowest BCUT2D eigenvalue weighted by Crippen LogP contribution is -2.41. The summed E-state index contributed by atoms with van der Waals surface area (Å²) in [5.41, 5.74) is 0.339. The molecule has 4 heteroatoms. The van der Waals surface area contributed by atoms with Gasteiger partial charge >= 0.3 is 7.12 Å². The third kappa shape index (κ3) is 2.60. The molecule has 0 radical (unpaired) electrons. The number of para-hydroxylation sites is 2. The van der Waals surface area contributed by atoms with Gasteiger partial charge in [-0.15, -0.1) is 0 Å². The van der Waals surface area contributed by atoms with Crippen LogP contribution in [-0.2, 0) is 9.31 Å². The van der Waals surface area contributed by atoms with E-state index in [0.717, 1.165) is 0 Å². The third-order valence-corrected chi connectivity index (χ3v) is 5.64. The molecule has 3 aromatic carbocycles. The van der Waals surface area contributed by atoms with Crippen molar-refractivity contribution >= 4 is 34.5 Å². The van der Waals surface area contributed by atoms with Crippen LogP contribution in [0.4, 0.5) is 0 Å². The lowest BCUT2D eigenvalue weighted by atomic mass is 9.78. The summed E-state index contributed by atoms with van der Waals surface area (Å²) in [5, 5.41) is 0.122. The van der Waals surface area contributed by atoms with E-state index in [2.05, 4.69) is 0 Å². The molecular weight excluding hydrogens is 347 g/mol. The maximum Gasteiger partial charge on any atom is 0.494 e. The summed E-state index contributed by atoms with van der Waals surface area (Å²) >= 11 is 0. The van der Waals surface area contributed by atoms with Gasteiger partial charge in [0.05, 0.1) is 20.8 Å². The second kappa shape index (κ2) is 5.97. The Kier molecular flexibility index (Phi) is 2.44. The molecule has 140 valence electrons. The summed E-state index contributed by atoms with van der Waals surface area (Å²) in [6.07, 6.45) is 0. The molecule has 1 fully saturated rings. The number of hydrogen-bond acceptors (Lipinski definition) is 3. The van der Waals surface area contributed by atoms with Crippen molar-refractivity contribution in [3.8, 4) is 11.1 Å². The summed E-state index contributed by atoms with van der Waals surface area (Å²) in [7, 11) is -0.650. The van der Waals surface area contributed by atoms with Gasteiger partial charge in [-0.1, -0.05) is 60.5 Å². The Morgan fingerprint density at radius 1 is 0.857 bits per heavy atom. The largest absolute Gasteiger partial charge is 0.494 e. The summed E-state index contributed by atoms with van der Waals surface area (Å²) in [4.78, 5) is 0. The van der Waals surface area contributed by atoms with E-state index in [9.17, 15) is 0 Å². The van der Waals surface area contributed by atoms with Crippen LogP contribution in [0.15, 0.2) is 71.0 Å². The Bertz CT molecular complexity index is 1530.